The van der Waals surface area contributed by atoms with Crippen molar-refractivity contribution in [3.63, 3.8) is 0 Å². The number of phosphoric acid groups is 1. The van der Waals surface area contributed by atoms with Gasteiger partial charge in [-0.05, 0) is 56.7 Å². The zero-order valence-corrected chi connectivity index (χ0v) is 31.5. The predicted octanol–water partition coefficient (Wildman–Crippen LogP) is 8.29. The number of carbonyl (C=O) groups excluding carboxylic acids is 1. The van der Waals surface area contributed by atoms with Gasteiger partial charge in [-0.3, -0.25) is 4.79 Å². The first-order valence-electron chi connectivity index (χ1n) is 17.9. The summed E-state index contributed by atoms with van der Waals surface area (Å²) < 4.78 is 52.3. The molecule has 0 spiro atoms. The Bertz CT molecular complexity index is 1510. The van der Waals surface area contributed by atoms with Crippen LogP contribution in [0.3, 0.4) is 0 Å². The van der Waals surface area contributed by atoms with Gasteiger partial charge in [-0.1, -0.05) is 118 Å². The zero-order valence-electron chi connectivity index (χ0n) is 30.6. The lowest BCUT2D eigenvalue weighted by atomic mass is 9.73. The number of rotatable bonds is 19. The second kappa shape index (κ2) is 18.7. The van der Waals surface area contributed by atoms with Gasteiger partial charge in [-0.15, -0.1) is 0 Å². The molecule has 0 amide bonds. The van der Waals surface area contributed by atoms with Gasteiger partial charge in [0.05, 0.1) is 31.8 Å². The summed E-state index contributed by atoms with van der Waals surface area (Å²) in [4.78, 5) is 35.2. The Morgan fingerprint density at radius 1 is 0.765 bits per heavy atom. The Labute approximate surface area is 303 Å². The molecule has 1 aliphatic rings. The van der Waals surface area contributed by atoms with Crippen molar-refractivity contribution in [3.8, 4) is 0 Å². The Balaban J connectivity index is 1.93. The first-order chi connectivity index (χ1) is 24.3. The summed E-state index contributed by atoms with van der Waals surface area (Å²) >= 11 is 0. The minimum Gasteiger partial charge on any atom is -0.450 e. The highest BCUT2D eigenvalue weighted by molar-refractivity contribution is 7.46. The fourth-order valence-electron chi connectivity index (χ4n) is 6.33. The molecule has 0 aromatic heterocycles. The van der Waals surface area contributed by atoms with E-state index in [-0.39, 0.29) is 39.3 Å². The Kier molecular flexibility index (Phi) is 15.0. The van der Waals surface area contributed by atoms with Crippen LogP contribution in [0.1, 0.15) is 89.8 Å². The van der Waals surface area contributed by atoms with Crippen LogP contribution in [0.4, 0.5) is 0 Å². The van der Waals surface area contributed by atoms with Crippen LogP contribution in [0, 0.1) is 5.41 Å². The molecule has 3 aromatic rings. The van der Waals surface area contributed by atoms with Crippen LogP contribution in [0.5, 0.6) is 0 Å². The van der Waals surface area contributed by atoms with E-state index in [0.29, 0.717) is 25.7 Å². The van der Waals surface area contributed by atoms with Crippen LogP contribution in [0.25, 0.3) is 0 Å². The summed E-state index contributed by atoms with van der Waals surface area (Å²) in [5, 5.41) is 0. The number of carbonyl (C=O) groups is 1. The normalized spacial score (nSPS) is 23.9. The molecule has 0 bridgehead atoms. The highest BCUT2D eigenvalue weighted by Crippen LogP contribution is 2.56. The molecular weight excluding hydrogens is 671 g/mol. The van der Waals surface area contributed by atoms with Crippen molar-refractivity contribution < 1.29 is 47.4 Å². The first-order valence-corrected chi connectivity index (χ1v) is 19.5. The van der Waals surface area contributed by atoms with Gasteiger partial charge in [-0.25, -0.2) is 9.09 Å². The fraction of sp³-hybridized carbons (Fsp3) is 0.525. The molecule has 1 aliphatic heterocycles. The summed E-state index contributed by atoms with van der Waals surface area (Å²) in [6.07, 6.45) is -0.593. The maximum absolute atomic E-state index is 14.1. The van der Waals surface area contributed by atoms with E-state index in [4.69, 9.17) is 28.2 Å². The predicted molar refractivity (Wildman–Crippen MR) is 194 cm³/mol. The number of ether oxygens (including phenoxy) is 5. The van der Waals surface area contributed by atoms with E-state index in [1.807, 2.05) is 105 Å². The minimum atomic E-state index is -5.28. The third kappa shape index (κ3) is 11.3. The summed E-state index contributed by atoms with van der Waals surface area (Å²) in [6, 6.07) is 28.8. The lowest BCUT2D eigenvalue weighted by Crippen LogP contribution is -2.76. The molecule has 1 heterocycles. The van der Waals surface area contributed by atoms with Crippen molar-refractivity contribution in [1.29, 1.82) is 0 Å². The van der Waals surface area contributed by atoms with Crippen molar-refractivity contribution in [2.45, 2.75) is 123 Å². The first kappa shape index (κ1) is 40.8. The second-order valence-corrected chi connectivity index (χ2v) is 15.4. The highest BCUT2D eigenvalue weighted by atomic mass is 31.2. The lowest BCUT2D eigenvalue weighted by molar-refractivity contribution is -0.398. The molecule has 10 nitrogen and oxygen atoms in total. The number of esters is 1. The monoisotopic (exact) mass is 726 g/mol. The molecule has 0 aliphatic carbocycles. The Hall–Kier alpha value is -2.92. The van der Waals surface area contributed by atoms with Crippen LogP contribution < -0.4 is 0 Å². The van der Waals surface area contributed by atoms with E-state index in [9.17, 15) is 19.1 Å². The molecule has 2 N–H and O–H groups in total. The summed E-state index contributed by atoms with van der Waals surface area (Å²) in [5.74, 6) is -2.72. The van der Waals surface area contributed by atoms with Gasteiger partial charge in [0.1, 0.15) is 18.3 Å². The molecule has 1 fully saturated rings. The third-order valence-corrected chi connectivity index (χ3v) is 9.51. The molecule has 0 saturated carbocycles. The summed E-state index contributed by atoms with van der Waals surface area (Å²) in [5.41, 5.74) is -0.159. The van der Waals surface area contributed by atoms with Crippen molar-refractivity contribution in [2.24, 2.45) is 5.41 Å². The molecule has 1 unspecified atom stereocenters. The maximum atomic E-state index is 14.1. The minimum absolute atomic E-state index is 0.00152. The lowest BCUT2D eigenvalue weighted by Gasteiger charge is -2.59. The van der Waals surface area contributed by atoms with Crippen molar-refractivity contribution in [2.75, 3.05) is 6.61 Å². The fourth-order valence-corrected chi connectivity index (χ4v) is 7.00. The molecule has 5 atom stereocenters. The number of unbranched alkanes of at least 4 members (excludes halogenated alkanes) is 2. The molecule has 11 heteroatoms. The maximum Gasteiger partial charge on any atom is 0.472 e. The standard InChI is InChI=1S/C40H55O10P/c1-6-8-25-39(49-37(41)38(3,4)5)36(47-29-33-23-17-12-18-24-33)35(46-28-32-21-15-11-16-22-32)34(30-45-27-31-19-13-10-14-20-31)48-40(39,26-9-7-2)50-51(42,43)44/h10-24,34-36H,6-9,25-30H2,1-5H3,(H2,42,43,44)/t34-,35-,36+,39-,40?/m1/s1. The van der Waals surface area contributed by atoms with Crippen molar-refractivity contribution in [3.05, 3.63) is 108 Å². The van der Waals surface area contributed by atoms with Crippen molar-refractivity contribution in [1.82, 2.24) is 0 Å². The average molecular weight is 727 g/mol. The number of hydrogen-bond donors (Lipinski definition) is 2. The van der Waals surface area contributed by atoms with E-state index in [1.165, 1.54) is 0 Å². The molecular formula is C40H55O10P. The van der Waals surface area contributed by atoms with Crippen LogP contribution in [-0.2, 0) is 57.4 Å². The second-order valence-electron chi connectivity index (χ2n) is 14.2. The van der Waals surface area contributed by atoms with E-state index in [2.05, 4.69) is 0 Å². The quantitative estimate of drug-likeness (QED) is 0.0920. The van der Waals surface area contributed by atoms with E-state index in [0.717, 1.165) is 16.7 Å². The summed E-state index contributed by atoms with van der Waals surface area (Å²) in [6.45, 7) is 9.61. The molecule has 0 radical (unpaired) electrons. The van der Waals surface area contributed by atoms with Gasteiger partial charge in [-0.2, -0.15) is 0 Å². The van der Waals surface area contributed by atoms with E-state index >= 15 is 0 Å². The van der Waals surface area contributed by atoms with Crippen molar-refractivity contribution >= 4 is 13.8 Å². The van der Waals surface area contributed by atoms with Gasteiger partial charge in [0, 0.05) is 6.42 Å². The van der Waals surface area contributed by atoms with Gasteiger partial charge in [0.2, 0.25) is 5.79 Å². The smallest absolute Gasteiger partial charge is 0.450 e. The van der Waals surface area contributed by atoms with Crippen LogP contribution >= 0.6 is 7.82 Å². The molecule has 280 valence electrons. The third-order valence-electron chi connectivity index (χ3n) is 8.98. The molecule has 51 heavy (non-hydrogen) atoms. The molecule has 3 aromatic carbocycles. The van der Waals surface area contributed by atoms with Gasteiger partial charge in [0.25, 0.3) is 0 Å². The average Bonchev–Trinajstić information content (AvgIpc) is 3.10. The summed E-state index contributed by atoms with van der Waals surface area (Å²) in [7, 11) is -5.28. The zero-order chi connectivity index (χ0) is 37.0. The topological polar surface area (TPSA) is 130 Å². The number of benzene rings is 3. The highest BCUT2D eigenvalue weighted by Gasteiger charge is 2.70. The Morgan fingerprint density at radius 3 is 1.75 bits per heavy atom. The molecule has 4 rings (SSSR count). The van der Waals surface area contributed by atoms with Crippen LogP contribution in [0.2, 0.25) is 0 Å². The molecule has 1 saturated heterocycles. The van der Waals surface area contributed by atoms with Gasteiger partial charge in [0.15, 0.2) is 5.60 Å². The van der Waals surface area contributed by atoms with Crippen LogP contribution in [-0.4, -0.2) is 52.1 Å². The van der Waals surface area contributed by atoms with E-state index in [1.54, 1.807) is 20.8 Å². The van der Waals surface area contributed by atoms with Gasteiger partial charge >= 0.3 is 13.8 Å². The van der Waals surface area contributed by atoms with Crippen LogP contribution in [0.15, 0.2) is 91.0 Å². The Morgan fingerprint density at radius 2 is 1.25 bits per heavy atom. The number of hydrogen-bond acceptors (Lipinski definition) is 8. The SMILES string of the molecule is CCCCC1(OP(=O)(O)O)O[C@H](COCc2ccccc2)[C@@H](OCc2ccccc2)[C@H](OCc2ccccc2)[C@@]1(CCCC)OC(=O)C(C)(C)C. The van der Waals surface area contributed by atoms with Gasteiger partial charge < -0.3 is 33.5 Å². The number of phosphoric ester groups is 1. The largest absolute Gasteiger partial charge is 0.472 e. The van der Waals surface area contributed by atoms with E-state index < -0.39 is 48.9 Å².